The Morgan fingerprint density at radius 3 is 2.42 bits per heavy atom. The molecule has 6 heteroatoms. The van der Waals surface area contributed by atoms with E-state index in [1.807, 2.05) is 49.4 Å². The number of hydrogen-bond acceptors (Lipinski definition) is 5. The average Bonchev–Trinajstić information content (AvgIpc) is 3.22. The van der Waals surface area contributed by atoms with Crippen LogP contribution in [-0.2, 0) is 16.1 Å². The fourth-order valence-corrected chi connectivity index (χ4v) is 5.59. The second-order valence-electron chi connectivity index (χ2n) is 9.41. The summed E-state index contributed by atoms with van der Waals surface area (Å²) in [4.78, 5) is 26.5. The van der Waals surface area contributed by atoms with Crippen LogP contribution in [0.1, 0.15) is 39.9 Å². The lowest BCUT2D eigenvalue weighted by Gasteiger charge is -2.29. The standard InChI is InChI=1S/C32H24ClNO4/c1-18-27(32(36)37-2)28(29-30(34-18)23-9-5-6-10-24(23)31(29)35)22-13-14-26(25(33)16-22)38-17-19-11-12-20-7-3-4-8-21(20)15-19/h3-16,28,34H,17H2,1-2H3/t28-/m0/s1. The van der Waals surface area contributed by atoms with E-state index < -0.39 is 11.9 Å². The fourth-order valence-electron chi connectivity index (χ4n) is 5.35. The molecule has 1 N–H and O–H groups in total. The van der Waals surface area contributed by atoms with Crippen LogP contribution in [-0.4, -0.2) is 18.9 Å². The van der Waals surface area contributed by atoms with E-state index in [1.54, 1.807) is 18.2 Å². The molecule has 4 aromatic carbocycles. The van der Waals surface area contributed by atoms with Crippen molar-refractivity contribution in [2.45, 2.75) is 19.4 Å². The summed E-state index contributed by atoms with van der Waals surface area (Å²) in [5.74, 6) is -0.725. The maximum Gasteiger partial charge on any atom is 0.336 e. The number of halogens is 1. The summed E-state index contributed by atoms with van der Waals surface area (Å²) < 4.78 is 11.2. The lowest BCUT2D eigenvalue weighted by molar-refractivity contribution is -0.136. The minimum atomic E-state index is -0.634. The molecule has 0 spiro atoms. The predicted molar refractivity (Wildman–Crippen MR) is 148 cm³/mol. The van der Waals surface area contributed by atoms with E-state index in [0.29, 0.717) is 51.0 Å². The summed E-state index contributed by atoms with van der Waals surface area (Å²) in [5, 5.41) is 6.00. The number of esters is 1. The van der Waals surface area contributed by atoms with Gasteiger partial charge in [0.05, 0.1) is 23.4 Å². The Bertz CT molecular complexity index is 1700. The average molecular weight is 522 g/mol. The van der Waals surface area contributed by atoms with E-state index >= 15 is 0 Å². The van der Waals surface area contributed by atoms with Crippen LogP contribution in [0.25, 0.3) is 16.5 Å². The molecular weight excluding hydrogens is 498 g/mol. The molecule has 0 fully saturated rings. The molecule has 0 amide bonds. The number of ether oxygens (including phenoxy) is 2. The van der Waals surface area contributed by atoms with Crippen LogP contribution in [0, 0.1) is 0 Å². The first kappa shape index (κ1) is 24.0. The quantitative estimate of drug-likeness (QED) is 0.292. The smallest absolute Gasteiger partial charge is 0.336 e. The van der Waals surface area contributed by atoms with Crippen LogP contribution in [0.5, 0.6) is 5.75 Å². The van der Waals surface area contributed by atoms with Crippen molar-refractivity contribution in [3.8, 4) is 5.75 Å². The monoisotopic (exact) mass is 521 g/mol. The molecule has 0 bridgehead atoms. The number of fused-ring (bicyclic) bond motifs is 3. The highest BCUT2D eigenvalue weighted by Gasteiger charge is 2.42. The van der Waals surface area contributed by atoms with Gasteiger partial charge in [-0.1, -0.05) is 78.3 Å². The van der Waals surface area contributed by atoms with E-state index in [2.05, 4.69) is 29.6 Å². The lowest BCUT2D eigenvalue weighted by Crippen LogP contribution is -2.29. The Morgan fingerprint density at radius 1 is 0.921 bits per heavy atom. The number of rotatable bonds is 5. The van der Waals surface area contributed by atoms with Crippen molar-refractivity contribution in [3.63, 3.8) is 0 Å². The van der Waals surface area contributed by atoms with Gasteiger partial charge in [0.1, 0.15) is 12.4 Å². The number of methoxy groups -OCH3 is 1. The van der Waals surface area contributed by atoms with Crippen molar-refractivity contribution in [1.29, 1.82) is 0 Å². The van der Waals surface area contributed by atoms with Crippen LogP contribution >= 0.6 is 11.6 Å². The van der Waals surface area contributed by atoms with E-state index in [1.165, 1.54) is 12.5 Å². The molecule has 38 heavy (non-hydrogen) atoms. The van der Waals surface area contributed by atoms with Crippen LogP contribution < -0.4 is 10.1 Å². The summed E-state index contributed by atoms with van der Waals surface area (Å²) in [6.07, 6.45) is 0. The Hall–Kier alpha value is -4.35. The third-order valence-corrected chi connectivity index (χ3v) is 7.45. The highest BCUT2D eigenvalue weighted by Crippen LogP contribution is 2.47. The number of nitrogens with one attached hydrogen (secondary N) is 1. The van der Waals surface area contributed by atoms with Gasteiger partial charge in [0.15, 0.2) is 5.78 Å². The normalized spacial score (nSPS) is 16.3. The molecule has 0 aromatic heterocycles. The highest BCUT2D eigenvalue weighted by atomic mass is 35.5. The Labute approximate surface area is 225 Å². The van der Waals surface area contributed by atoms with Gasteiger partial charge in [0, 0.05) is 28.3 Å². The van der Waals surface area contributed by atoms with Crippen molar-refractivity contribution in [2.75, 3.05) is 7.11 Å². The molecule has 6 rings (SSSR count). The summed E-state index contributed by atoms with van der Waals surface area (Å²) >= 11 is 6.70. The van der Waals surface area contributed by atoms with Gasteiger partial charge in [0.25, 0.3) is 0 Å². The molecule has 2 aliphatic rings. The predicted octanol–water partition coefficient (Wildman–Crippen LogP) is 6.81. The lowest BCUT2D eigenvalue weighted by atomic mass is 9.80. The molecule has 0 saturated heterocycles. The SMILES string of the molecule is COC(=O)C1=C(C)NC2=C(C(=O)c3ccccc32)[C@H]1c1ccc(OCc2ccc3ccccc3c2)c(Cl)c1. The number of hydrogen-bond donors (Lipinski definition) is 1. The number of Topliss-reactive ketones (excluding diaryl/α,β-unsaturated/α-hetero) is 1. The second-order valence-corrected chi connectivity index (χ2v) is 9.82. The van der Waals surface area contributed by atoms with Crippen molar-refractivity contribution in [1.82, 2.24) is 5.32 Å². The van der Waals surface area contributed by atoms with Gasteiger partial charge < -0.3 is 14.8 Å². The number of allylic oxidation sites excluding steroid dienone is 2. The van der Waals surface area contributed by atoms with Gasteiger partial charge in [0.2, 0.25) is 0 Å². The second kappa shape index (κ2) is 9.51. The summed E-state index contributed by atoms with van der Waals surface area (Å²) in [7, 11) is 1.34. The van der Waals surface area contributed by atoms with Crippen LogP contribution in [0.2, 0.25) is 5.02 Å². The van der Waals surface area contributed by atoms with Crippen LogP contribution in [0.4, 0.5) is 0 Å². The van der Waals surface area contributed by atoms with E-state index in [4.69, 9.17) is 21.1 Å². The van der Waals surface area contributed by atoms with Crippen molar-refractivity contribution < 1.29 is 19.1 Å². The first-order chi connectivity index (χ1) is 18.5. The molecule has 4 aromatic rings. The molecule has 0 unspecified atom stereocenters. The zero-order valence-electron chi connectivity index (χ0n) is 20.9. The van der Waals surface area contributed by atoms with Gasteiger partial charge in [-0.3, -0.25) is 4.79 Å². The van der Waals surface area contributed by atoms with Gasteiger partial charge in [-0.15, -0.1) is 0 Å². The minimum Gasteiger partial charge on any atom is -0.487 e. The maximum absolute atomic E-state index is 13.6. The van der Waals surface area contributed by atoms with Gasteiger partial charge in [-0.05, 0) is 47.0 Å². The summed E-state index contributed by atoms with van der Waals surface area (Å²) in [6, 6.07) is 27.2. The van der Waals surface area contributed by atoms with E-state index in [-0.39, 0.29) is 5.78 Å². The molecule has 0 radical (unpaired) electrons. The largest absolute Gasteiger partial charge is 0.487 e. The Kier molecular flexibility index (Phi) is 6.01. The molecule has 1 aliphatic carbocycles. The summed E-state index contributed by atoms with van der Waals surface area (Å²) in [6.45, 7) is 2.17. The molecule has 1 atom stereocenters. The number of dihydropyridines is 1. The first-order valence-electron chi connectivity index (χ1n) is 12.3. The van der Waals surface area contributed by atoms with Crippen molar-refractivity contribution >= 4 is 39.8 Å². The van der Waals surface area contributed by atoms with Crippen LogP contribution in [0.3, 0.4) is 0 Å². The van der Waals surface area contributed by atoms with Gasteiger partial charge in [-0.25, -0.2) is 4.79 Å². The number of ketones is 1. The Morgan fingerprint density at radius 2 is 1.66 bits per heavy atom. The fraction of sp³-hybridized carbons (Fsp3) is 0.125. The summed E-state index contributed by atoms with van der Waals surface area (Å²) in [5.41, 5.74) is 5.41. The van der Waals surface area contributed by atoms with Crippen molar-refractivity contribution in [2.24, 2.45) is 0 Å². The van der Waals surface area contributed by atoms with E-state index in [0.717, 1.165) is 16.5 Å². The third-order valence-electron chi connectivity index (χ3n) is 7.15. The minimum absolute atomic E-state index is 0.116. The number of benzene rings is 4. The molecule has 5 nitrogen and oxygen atoms in total. The molecule has 0 saturated carbocycles. The molecule has 1 heterocycles. The van der Waals surface area contributed by atoms with Crippen LogP contribution in [0.15, 0.2) is 102 Å². The molecular formula is C32H24ClNO4. The third kappa shape index (κ3) is 3.96. The highest BCUT2D eigenvalue weighted by molar-refractivity contribution is 6.32. The van der Waals surface area contributed by atoms with Gasteiger partial charge >= 0.3 is 5.97 Å². The topological polar surface area (TPSA) is 64.6 Å². The first-order valence-corrected chi connectivity index (χ1v) is 12.7. The number of carbonyl (C=O) groups is 2. The van der Waals surface area contributed by atoms with Gasteiger partial charge in [-0.2, -0.15) is 0 Å². The van der Waals surface area contributed by atoms with E-state index in [9.17, 15) is 9.59 Å². The van der Waals surface area contributed by atoms with Crippen molar-refractivity contribution in [3.05, 3.63) is 129 Å². The zero-order valence-corrected chi connectivity index (χ0v) is 21.6. The zero-order chi connectivity index (χ0) is 26.4. The molecule has 1 aliphatic heterocycles. The Balaban J connectivity index is 1.35. The molecule has 188 valence electrons. The maximum atomic E-state index is 13.6. The number of carbonyl (C=O) groups excluding carboxylic acids is 2.